The van der Waals surface area contributed by atoms with Crippen LogP contribution in [-0.4, -0.2) is 24.1 Å². The minimum Gasteiger partial charge on any atom is -0.366 e. The Morgan fingerprint density at radius 2 is 1.83 bits per heavy atom. The Morgan fingerprint density at radius 1 is 1.17 bits per heavy atom. The maximum Gasteiger partial charge on any atom is 0.290 e. The fourth-order valence-electron chi connectivity index (χ4n) is 2.02. The number of hydrogen-bond donors (Lipinski definition) is 1. The third-order valence-electron chi connectivity index (χ3n) is 3.39. The van der Waals surface area contributed by atoms with Crippen LogP contribution >= 0.6 is 0 Å². The van der Waals surface area contributed by atoms with Crippen LogP contribution in [0.4, 0.5) is 11.5 Å². The number of nitro groups is 1. The number of aryl methyl sites for hydroxylation is 1. The fourth-order valence-corrected chi connectivity index (χ4v) is 2.90. The summed E-state index contributed by atoms with van der Waals surface area (Å²) in [5, 5.41) is 13.8. The van der Waals surface area contributed by atoms with Crippen LogP contribution in [-0.2, 0) is 16.4 Å². The lowest BCUT2D eigenvalue weighted by molar-refractivity contribution is -0.385. The van der Waals surface area contributed by atoms with Gasteiger partial charge in [0.25, 0.3) is 5.69 Å². The number of nitrogens with one attached hydrogen (secondary N) is 1. The predicted molar refractivity (Wildman–Crippen MR) is 87.1 cm³/mol. The third-order valence-corrected chi connectivity index (χ3v) is 5.14. The molecular formula is C15H17N3O4S. The maximum absolute atomic E-state index is 11.7. The molecule has 0 aliphatic rings. The Kier molecular flexibility index (Phi) is 4.95. The van der Waals surface area contributed by atoms with Crippen LogP contribution in [0.5, 0.6) is 0 Å². The lowest BCUT2D eigenvalue weighted by Crippen LogP contribution is -2.05. The van der Waals surface area contributed by atoms with Gasteiger partial charge in [0.15, 0.2) is 9.84 Å². The standard InChI is InChI=1S/C15H17N3O4S/c1-3-23(21,22)13-6-4-12(5-7-13)10-16-15-9-8-14(18(19)20)11(2)17-15/h4-9H,3,10H2,1-2H3,(H,16,17). The van der Waals surface area contributed by atoms with Gasteiger partial charge in [-0.1, -0.05) is 19.1 Å². The van der Waals surface area contributed by atoms with Crippen molar-refractivity contribution in [3.63, 3.8) is 0 Å². The van der Waals surface area contributed by atoms with Crippen molar-refractivity contribution in [1.29, 1.82) is 0 Å². The summed E-state index contributed by atoms with van der Waals surface area (Å²) in [7, 11) is -3.20. The molecule has 0 bridgehead atoms. The number of aromatic nitrogens is 1. The van der Waals surface area contributed by atoms with Crippen LogP contribution in [0.15, 0.2) is 41.3 Å². The molecule has 0 aliphatic carbocycles. The summed E-state index contributed by atoms with van der Waals surface area (Å²) in [4.78, 5) is 14.7. The smallest absolute Gasteiger partial charge is 0.290 e. The summed E-state index contributed by atoms with van der Waals surface area (Å²) in [6.45, 7) is 3.62. The first-order valence-electron chi connectivity index (χ1n) is 7.01. The maximum atomic E-state index is 11.7. The van der Waals surface area contributed by atoms with Crippen LogP contribution in [0.1, 0.15) is 18.2 Å². The quantitative estimate of drug-likeness (QED) is 0.643. The summed E-state index contributed by atoms with van der Waals surface area (Å²) >= 11 is 0. The molecule has 0 atom stereocenters. The third kappa shape index (κ3) is 4.04. The molecule has 0 unspecified atom stereocenters. The second kappa shape index (κ2) is 6.74. The van der Waals surface area contributed by atoms with E-state index in [0.717, 1.165) is 5.56 Å². The average molecular weight is 335 g/mol. The van der Waals surface area contributed by atoms with E-state index >= 15 is 0 Å². The van der Waals surface area contributed by atoms with Gasteiger partial charge < -0.3 is 5.32 Å². The van der Waals surface area contributed by atoms with E-state index in [2.05, 4.69) is 10.3 Å². The number of hydrogen-bond acceptors (Lipinski definition) is 6. The monoisotopic (exact) mass is 335 g/mol. The highest BCUT2D eigenvalue weighted by Gasteiger charge is 2.12. The van der Waals surface area contributed by atoms with Crippen molar-refractivity contribution in [3.05, 3.63) is 57.8 Å². The number of sulfone groups is 1. The highest BCUT2D eigenvalue weighted by atomic mass is 32.2. The molecule has 0 saturated carbocycles. The van der Waals surface area contributed by atoms with Gasteiger partial charge in [0, 0.05) is 12.6 Å². The molecule has 1 heterocycles. The minimum atomic E-state index is -3.20. The molecule has 2 rings (SSSR count). The van der Waals surface area contributed by atoms with Gasteiger partial charge in [-0.2, -0.15) is 0 Å². The molecule has 0 radical (unpaired) electrons. The Morgan fingerprint density at radius 3 is 2.35 bits per heavy atom. The van der Waals surface area contributed by atoms with Crippen molar-refractivity contribution in [2.45, 2.75) is 25.3 Å². The van der Waals surface area contributed by atoms with Gasteiger partial charge in [-0.05, 0) is 30.7 Å². The van der Waals surface area contributed by atoms with Gasteiger partial charge in [-0.3, -0.25) is 10.1 Å². The van der Waals surface area contributed by atoms with Gasteiger partial charge in [-0.15, -0.1) is 0 Å². The molecule has 0 fully saturated rings. The zero-order valence-electron chi connectivity index (χ0n) is 12.8. The van der Waals surface area contributed by atoms with E-state index < -0.39 is 14.8 Å². The molecule has 122 valence electrons. The summed E-state index contributed by atoms with van der Waals surface area (Å²) in [5.41, 5.74) is 1.20. The average Bonchev–Trinajstić information content (AvgIpc) is 2.53. The second-order valence-corrected chi connectivity index (χ2v) is 7.24. The molecule has 1 N–H and O–H groups in total. The largest absolute Gasteiger partial charge is 0.366 e. The predicted octanol–water partition coefficient (Wildman–Crippen LogP) is 2.70. The van der Waals surface area contributed by atoms with Crippen molar-refractivity contribution < 1.29 is 13.3 Å². The summed E-state index contributed by atoms with van der Waals surface area (Å²) in [6, 6.07) is 9.55. The zero-order valence-corrected chi connectivity index (χ0v) is 13.6. The zero-order chi connectivity index (χ0) is 17.0. The summed E-state index contributed by atoms with van der Waals surface area (Å²) in [5.74, 6) is 0.592. The number of benzene rings is 1. The van der Waals surface area contributed by atoms with Crippen LogP contribution in [0.2, 0.25) is 0 Å². The van der Waals surface area contributed by atoms with E-state index in [0.29, 0.717) is 23.0 Å². The molecule has 2 aromatic rings. The Hall–Kier alpha value is -2.48. The summed E-state index contributed by atoms with van der Waals surface area (Å²) in [6.07, 6.45) is 0. The van der Waals surface area contributed by atoms with Gasteiger partial charge in [0.2, 0.25) is 0 Å². The van der Waals surface area contributed by atoms with Crippen LogP contribution in [0.3, 0.4) is 0 Å². The van der Waals surface area contributed by atoms with Crippen molar-refractivity contribution in [2.24, 2.45) is 0 Å². The molecule has 0 spiro atoms. The van der Waals surface area contributed by atoms with E-state index in [1.54, 1.807) is 44.2 Å². The number of pyridine rings is 1. The van der Waals surface area contributed by atoms with E-state index in [1.807, 2.05) is 0 Å². The first-order chi connectivity index (χ1) is 10.8. The van der Waals surface area contributed by atoms with E-state index in [4.69, 9.17) is 0 Å². The van der Waals surface area contributed by atoms with Crippen molar-refractivity contribution in [3.8, 4) is 0 Å². The second-order valence-electron chi connectivity index (χ2n) is 4.96. The fraction of sp³-hybridized carbons (Fsp3) is 0.267. The van der Waals surface area contributed by atoms with Crippen LogP contribution in [0, 0.1) is 17.0 Å². The number of anilines is 1. The van der Waals surface area contributed by atoms with Gasteiger partial charge in [0.05, 0.1) is 15.6 Å². The molecule has 0 amide bonds. The first kappa shape index (κ1) is 16.9. The van der Waals surface area contributed by atoms with E-state index in [9.17, 15) is 18.5 Å². The molecule has 0 aliphatic heterocycles. The minimum absolute atomic E-state index is 0.0234. The van der Waals surface area contributed by atoms with E-state index in [-0.39, 0.29) is 11.4 Å². The van der Waals surface area contributed by atoms with Crippen LogP contribution in [0.25, 0.3) is 0 Å². The van der Waals surface area contributed by atoms with Crippen molar-refractivity contribution >= 4 is 21.3 Å². The first-order valence-corrected chi connectivity index (χ1v) is 8.66. The normalized spacial score (nSPS) is 11.2. The highest BCUT2D eigenvalue weighted by Crippen LogP contribution is 2.18. The number of rotatable bonds is 6. The van der Waals surface area contributed by atoms with Gasteiger partial charge >= 0.3 is 0 Å². The van der Waals surface area contributed by atoms with Crippen molar-refractivity contribution in [1.82, 2.24) is 4.98 Å². The Bertz CT molecular complexity index is 817. The molecular weight excluding hydrogens is 318 g/mol. The molecule has 23 heavy (non-hydrogen) atoms. The highest BCUT2D eigenvalue weighted by molar-refractivity contribution is 7.91. The van der Waals surface area contributed by atoms with Gasteiger partial charge in [0.1, 0.15) is 11.5 Å². The van der Waals surface area contributed by atoms with Gasteiger partial charge in [-0.25, -0.2) is 13.4 Å². The molecule has 1 aromatic heterocycles. The Labute approximate surface area is 134 Å². The molecule has 1 aromatic carbocycles. The lowest BCUT2D eigenvalue weighted by Gasteiger charge is -2.08. The number of nitrogens with zero attached hydrogens (tertiary/aromatic N) is 2. The summed E-state index contributed by atoms with van der Waals surface area (Å²) < 4.78 is 23.5. The topological polar surface area (TPSA) is 102 Å². The van der Waals surface area contributed by atoms with Crippen molar-refractivity contribution in [2.75, 3.05) is 11.1 Å². The Balaban J connectivity index is 2.07. The van der Waals surface area contributed by atoms with E-state index in [1.165, 1.54) is 6.07 Å². The SMILES string of the molecule is CCS(=O)(=O)c1ccc(CNc2ccc([N+](=O)[O-])c(C)n2)cc1. The lowest BCUT2D eigenvalue weighted by atomic mass is 10.2. The molecule has 7 nitrogen and oxygen atoms in total. The molecule has 0 saturated heterocycles. The van der Waals surface area contributed by atoms with Crippen LogP contribution < -0.4 is 5.32 Å². The molecule has 8 heteroatoms.